The number of benzene rings is 1. The number of nitrogens with one attached hydrogen (secondary N) is 1. The number of thioether (sulfide) groups is 1. The summed E-state index contributed by atoms with van der Waals surface area (Å²) in [6.07, 6.45) is 2.44. The lowest BCUT2D eigenvalue weighted by atomic mass is 9.96. The van der Waals surface area contributed by atoms with Crippen LogP contribution in [0.2, 0.25) is 0 Å². The molecule has 1 amide bonds. The van der Waals surface area contributed by atoms with Crippen molar-refractivity contribution in [2.75, 3.05) is 18.9 Å². The third kappa shape index (κ3) is 4.70. The highest BCUT2D eigenvalue weighted by Gasteiger charge is 2.23. The molecule has 24 heavy (non-hydrogen) atoms. The van der Waals surface area contributed by atoms with Crippen molar-refractivity contribution in [1.29, 1.82) is 0 Å². The molecule has 0 spiro atoms. The van der Waals surface area contributed by atoms with E-state index in [1.54, 1.807) is 23.1 Å². The number of carbonyl (C=O) groups excluding carboxylic acids is 1. The smallest absolute Gasteiger partial charge is 0.223 e. The summed E-state index contributed by atoms with van der Waals surface area (Å²) in [5.74, 6) is 1.97. The standard InChI is InChI=1S/C17H21N3O2S2/c1-12-19-20-17(24-12)23-10-4-8-18-16(21)14-7-9-22-15-6-3-2-5-13(15)11-14/h2-3,5-6,14H,4,7-11H2,1H3,(H,18,21)/t14-/m0/s1. The van der Waals surface area contributed by atoms with E-state index in [1.165, 1.54) is 0 Å². The molecule has 7 heteroatoms. The van der Waals surface area contributed by atoms with Gasteiger partial charge >= 0.3 is 0 Å². The lowest BCUT2D eigenvalue weighted by molar-refractivity contribution is -0.125. The number of amides is 1. The zero-order valence-electron chi connectivity index (χ0n) is 13.7. The van der Waals surface area contributed by atoms with Crippen LogP contribution in [0.4, 0.5) is 0 Å². The normalized spacial score (nSPS) is 16.8. The second kappa shape index (κ2) is 8.48. The Bertz CT molecular complexity index is 690. The second-order valence-corrected chi connectivity index (χ2v) is 8.25. The second-order valence-electron chi connectivity index (χ2n) is 5.73. The van der Waals surface area contributed by atoms with Gasteiger partial charge in [-0.3, -0.25) is 4.79 Å². The van der Waals surface area contributed by atoms with Gasteiger partial charge in [-0.1, -0.05) is 41.3 Å². The molecule has 2 aromatic rings. The maximum atomic E-state index is 12.4. The predicted molar refractivity (Wildman–Crippen MR) is 96.7 cm³/mol. The van der Waals surface area contributed by atoms with Crippen molar-refractivity contribution >= 4 is 29.0 Å². The van der Waals surface area contributed by atoms with Crippen LogP contribution in [0.1, 0.15) is 23.4 Å². The summed E-state index contributed by atoms with van der Waals surface area (Å²) in [6, 6.07) is 7.98. The van der Waals surface area contributed by atoms with Gasteiger partial charge in [0.05, 0.1) is 6.61 Å². The average molecular weight is 364 g/mol. The van der Waals surface area contributed by atoms with Crippen molar-refractivity contribution in [2.45, 2.75) is 30.5 Å². The molecular formula is C17H21N3O2S2. The largest absolute Gasteiger partial charge is 0.493 e. The van der Waals surface area contributed by atoms with Crippen LogP contribution in [0.5, 0.6) is 5.75 Å². The number of para-hydroxylation sites is 1. The van der Waals surface area contributed by atoms with Crippen LogP contribution < -0.4 is 10.1 Å². The predicted octanol–water partition coefficient (Wildman–Crippen LogP) is 3.09. The van der Waals surface area contributed by atoms with Crippen molar-refractivity contribution < 1.29 is 9.53 Å². The van der Waals surface area contributed by atoms with E-state index in [9.17, 15) is 4.79 Å². The Balaban J connectivity index is 1.40. The molecule has 5 nitrogen and oxygen atoms in total. The number of nitrogens with zero attached hydrogens (tertiary/aromatic N) is 2. The maximum absolute atomic E-state index is 12.4. The quantitative estimate of drug-likeness (QED) is 0.631. The van der Waals surface area contributed by atoms with Gasteiger partial charge in [0.15, 0.2) is 4.34 Å². The number of aryl methyl sites for hydroxylation is 1. The van der Waals surface area contributed by atoms with Gasteiger partial charge in [0.25, 0.3) is 0 Å². The number of hydrogen-bond donors (Lipinski definition) is 1. The fraction of sp³-hybridized carbons (Fsp3) is 0.471. The SMILES string of the molecule is Cc1nnc(SCCCNC(=O)[C@H]2CCOc3ccccc3C2)s1. The van der Waals surface area contributed by atoms with E-state index in [4.69, 9.17) is 4.74 Å². The summed E-state index contributed by atoms with van der Waals surface area (Å²) in [5.41, 5.74) is 1.12. The van der Waals surface area contributed by atoms with Gasteiger partial charge in [-0.05, 0) is 37.8 Å². The molecule has 0 saturated carbocycles. The van der Waals surface area contributed by atoms with Gasteiger partial charge in [-0.15, -0.1) is 10.2 Å². The molecule has 1 N–H and O–H groups in total. The van der Waals surface area contributed by atoms with E-state index >= 15 is 0 Å². The summed E-state index contributed by atoms with van der Waals surface area (Å²) in [6.45, 7) is 3.25. The van der Waals surface area contributed by atoms with Gasteiger partial charge in [-0.25, -0.2) is 0 Å². The summed E-state index contributed by atoms with van der Waals surface area (Å²) in [7, 11) is 0. The molecule has 1 aromatic heterocycles. The van der Waals surface area contributed by atoms with Gasteiger partial charge in [0.1, 0.15) is 10.8 Å². The van der Waals surface area contributed by atoms with Crippen molar-refractivity contribution in [3.05, 3.63) is 34.8 Å². The first-order valence-corrected chi connectivity index (χ1v) is 9.94. The fourth-order valence-electron chi connectivity index (χ4n) is 2.64. The molecule has 1 aromatic carbocycles. The Morgan fingerprint density at radius 3 is 3.12 bits per heavy atom. The molecule has 0 saturated heterocycles. The van der Waals surface area contributed by atoms with Gasteiger partial charge < -0.3 is 10.1 Å². The zero-order valence-corrected chi connectivity index (χ0v) is 15.3. The minimum Gasteiger partial charge on any atom is -0.493 e. The van der Waals surface area contributed by atoms with Gasteiger partial charge in [0.2, 0.25) is 5.91 Å². The zero-order chi connectivity index (χ0) is 16.8. The van der Waals surface area contributed by atoms with E-state index in [-0.39, 0.29) is 11.8 Å². The lowest BCUT2D eigenvalue weighted by Gasteiger charge is -2.13. The minimum absolute atomic E-state index is 0.00730. The van der Waals surface area contributed by atoms with E-state index < -0.39 is 0 Å². The molecule has 0 radical (unpaired) electrons. The molecule has 3 rings (SSSR count). The summed E-state index contributed by atoms with van der Waals surface area (Å²) in [5, 5.41) is 12.1. The Kier molecular flexibility index (Phi) is 6.09. The molecule has 1 atom stereocenters. The Hall–Kier alpha value is -1.60. The number of hydrogen-bond acceptors (Lipinski definition) is 6. The monoisotopic (exact) mass is 363 g/mol. The highest BCUT2D eigenvalue weighted by Crippen LogP contribution is 2.26. The van der Waals surface area contributed by atoms with E-state index in [1.807, 2.05) is 31.2 Å². The fourth-order valence-corrected chi connectivity index (χ4v) is 4.47. The highest BCUT2D eigenvalue weighted by atomic mass is 32.2. The van der Waals surface area contributed by atoms with Crippen LogP contribution in [0.3, 0.4) is 0 Å². The third-order valence-electron chi connectivity index (χ3n) is 3.89. The van der Waals surface area contributed by atoms with Crippen molar-refractivity contribution in [3.8, 4) is 5.75 Å². The van der Waals surface area contributed by atoms with Crippen molar-refractivity contribution in [3.63, 3.8) is 0 Å². The van der Waals surface area contributed by atoms with Crippen molar-refractivity contribution in [2.24, 2.45) is 5.92 Å². The van der Waals surface area contributed by atoms with Crippen LogP contribution in [-0.4, -0.2) is 35.0 Å². The topological polar surface area (TPSA) is 64.1 Å². The van der Waals surface area contributed by atoms with Crippen LogP contribution >= 0.6 is 23.1 Å². The average Bonchev–Trinajstić information content (AvgIpc) is 2.88. The first-order valence-electron chi connectivity index (χ1n) is 8.13. The molecule has 0 fully saturated rings. The van der Waals surface area contributed by atoms with Crippen LogP contribution in [0, 0.1) is 12.8 Å². The Morgan fingerprint density at radius 1 is 1.42 bits per heavy atom. The molecule has 1 aliphatic rings. The molecule has 0 unspecified atom stereocenters. The summed E-state index contributed by atoms with van der Waals surface area (Å²) >= 11 is 3.31. The molecule has 0 bridgehead atoms. The van der Waals surface area contributed by atoms with Crippen LogP contribution in [0.25, 0.3) is 0 Å². The van der Waals surface area contributed by atoms with Crippen LogP contribution in [0.15, 0.2) is 28.6 Å². The minimum atomic E-state index is -0.00730. The number of ether oxygens (including phenoxy) is 1. The highest BCUT2D eigenvalue weighted by molar-refractivity contribution is 8.01. The third-order valence-corrected chi connectivity index (χ3v) is 5.95. The van der Waals surface area contributed by atoms with E-state index in [2.05, 4.69) is 15.5 Å². The number of rotatable bonds is 6. The molecule has 2 heterocycles. The van der Waals surface area contributed by atoms with Crippen LogP contribution in [-0.2, 0) is 11.2 Å². The van der Waals surface area contributed by atoms with E-state index in [0.717, 1.165) is 45.7 Å². The molecule has 1 aliphatic heterocycles. The molecule has 0 aliphatic carbocycles. The van der Waals surface area contributed by atoms with Gasteiger partial charge in [0, 0.05) is 18.2 Å². The molecule has 128 valence electrons. The number of fused-ring (bicyclic) bond motifs is 1. The Labute approximate surface area is 150 Å². The summed E-state index contributed by atoms with van der Waals surface area (Å²) in [4.78, 5) is 12.4. The maximum Gasteiger partial charge on any atom is 0.223 e. The first-order chi connectivity index (χ1) is 11.7. The lowest BCUT2D eigenvalue weighted by Crippen LogP contribution is -2.33. The first kappa shape index (κ1) is 17.2. The van der Waals surface area contributed by atoms with E-state index in [0.29, 0.717) is 13.2 Å². The van der Waals surface area contributed by atoms with Gasteiger partial charge in [-0.2, -0.15) is 0 Å². The number of aromatic nitrogens is 2. The van der Waals surface area contributed by atoms with Crippen molar-refractivity contribution in [1.82, 2.24) is 15.5 Å². The molecular weight excluding hydrogens is 342 g/mol. The number of carbonyl (C=O) groups is 1. The Morgan fingerprint density at radius 2 is 2.29 bits per heavy atom. The summed E-state index contributed by atoms with van der Waals surface area (Å²) < 4.78 is 6.72.